The highest BCUT2D eigenvalue weighted by Crippen LogP contribution is 2.29. The predicted molar refractivity (Wildman–Crippen MR) is 153 cm³/mol. The van der Waals surface area contributed by atoms with E-state index in [1.54, 1.807) is 36.4 Å². The molecule has 0 aliphatic rings. The molecule has 38 heavy (non-hydrogen) atoms. The topological polar surface area (TPSA) is 75.2 Å². The first-order valence-electron chi connectivity index (χ1n) is 11.8. The number of H-pyrrole nitrogens is 1. The van der Waals surface area contributed by atoms with Crippen molar-refractivity contribution in [2.45, 2.75) is 6.61 Å². The van der Waals surface area contributed by atoms with Crippen LogP contribution in [0.1, 0.15) is 27.3 Å². The lowest BCUT2D eigenvalue weighted by Crippen LogP contribution is -1.98. The molecule has 7 heteroatoms. The van der Waals surface area contributed by atoms with Crippen molar-refractivity contribution in [2.75, 3.05) is 0 Å². The van der Waals surface area contributed by atoms with Crippen LogP contribution in [-0.2, 0) is 6.61 Å². The summed E-state index contributed by atoms with van der Waals surface area (Å²) in [6.07, 6.45) is 5.75. The second kappa shape index (κ2) is 11.4. The number of ether oxygens (including phenoxy) is 1. The standard InChI is InChI=1S/C31H22Cl2N2O3/c32-25-11-14-27(28(33)17-25)29-18-34-30(35-29)15-6-20-2-1-3-24(16-20)22-9-12-26(13-10-22)38-19-21-4-7-23(8-5-21)31(36)37/h1-18H,19H2,(H,34,35)(H,36,37). The molecule has 0 unspecified atom stereocenters. The van der Waals surface area contributed by atoms with Crippen molar-refractivity contribution in [3.8, 4) is 28.1 Å². The van der Waals surface area contributed by atoms with Gasteiger partial charge in [0.1, 0.15) is 18.2 Å². The number of carbonyl (C=O) groups is 1. The first-order valence-corrected chi connectivity index (χ1v) is 12.5. The summed E-state index contributed by atoms with van der Waals surface area (Å²) in [5.41, 5.74) is 5.91. The number of rotatable bonds is 8. The lowest BCUT2D eigenvalue weighted by atomic mass is 10.0. The Bertz CT molecular complexity index is 1610. The second-order valence-electron chi connectivity index (χ2n) is 8.57. The molecule has 5 aromatic rings. The maximum Gasteiger partial charge on any atom is 0.335 e. The Balaban J connectivity index is 1.23. The first-order chi connectivity index (χ1) is 18.4. The summed E-state index contributed by atoms with van der Waals surface area (Å²) >= 11 is 12.3. The number of carboxylic acid groups (broad SMARTS) is 1. The molecular weight excluding hydrogens is 519 g/mol. The van der Waals surface area contributed by atoms with Crippen LogP contribution in [0.2, 0.25) is 10.0 Å². The van der Waals surface area contributed by atoms with Crippen LogP contribution in [0, 0.1) is 0 Å². The maximum atomic E-state index is 11.0. The summed E-state index contributed by atoms with van der Waals surface area (Å²) in [6, 6.07) is 28.1. The second-order valence-corrected chi connectivity index (χ2v) is 9.41. The average molecular weight is 541 g/mol. The Hall–Kier alpha value is -4.32. The van der Waals surface area contributed by atoms with E-state index in [9.17, 15) is 4.79 Å². The fourth-order valence-corrected chi connectivity index (χ4v) is 4.41. The quantitative estimate of drug-likeness (QED) is 0.207. The molecule has 0 fully saturated rings. The molecule has 4 aromatic carbocycles. The summed E-state index contributed by atoms with van der Waals surface area (Å²) in [6.45, 7) is 0.359. The van der Waals surface area contributed by atoms with Gasteiger partial charge in [0, 0.05) is 16.8 Å². The molecule has 188 valence electrons. The lowest BCUT2D eigenvalue weighted by molar-refractivity contribution is 0.0697. The minimum atomic E-state index is -0.942. The number of imidazole rings is 1. The van der Waals surface area contributed by atoms with E-state index in [1.807, 2.05) is 60.8 Å². The third kappa shape index (κ3) is 6.14. The van der Waals surface area contributed by atoms with E-state index >= 15 is 0 Å². The zero-order chi connectivity index (χ0) is 26.5. The number of halogens is 2. The summed E-state index contributed by atoms with van der Waals surface area (Å²) < 4.78 is 5.86. The van der Waals surface area contributed by atoms with E-state index in [4.69, 9.17) is 33.0 Å². The van der Waals surface area contributed by atoms with Gasteiger partial charge in [0.2, 0.25) is 0 Å². The number of benzene rings is 4. The van der Waals surface area contributed by atoms with Crippen LogP contribution < -0.4 is 4.74 Å². The van der Waals surface area contributed by atoms with Gasteiger partial charge in [-0.05, 0) is 76.9 Å². The molecule has 5 nitrogen and oxygen atoms in total. The van der Waals surface area contributed by atoms with Crippen LogP contribution in [0.25, 0.3) is 34.5 Å². The molecule has 0 atom stereocenters. The van der Waals surface area contributed by atoms with Gasteiger partial charge in [-0.3, -0.25) is 0 Å². The third-order valence-corrected chi connectivity index (χ3v) is 6.47. The molecule has 0 bridgehead atoms. The number of aromatic amines is 1. The van der Waals surface area contributed by atoms with Gasteiger partial charge in [-0.15, -0.1) is 0 Å². The average Bonchev–Trinajstić information content (AvgIpc) is 3.40. The highest BCUT2D eigenvalue weighted by molar-refractivity contribution is 6.36. The van der Waals surface area contributed by atoms with Crippen molar-refractivity contribution < 1.29 is 14.6 Å². The molecule has 1 heterocycles. The van der Waals surface area contributed by atoms with E-state index in [2.05, 4.69) is 22.1 Å². The number of nitrogens with zero attached hydrogens (tertiary/aromatic N) is 1. The molecule has 0 saturated carbocycles. The van der Waals surface area contributed by atoms with Crippen LogP contribution in [-0.4, -0.2) is 21.0 Å². The first kappa shape index (κ1) is 25.3. The highest BCUT2D eigenvalue weighted by Gasteiger charge is 2.08. The van der Waals surface area contributed by atoms with E-state index in [-0.39, 0.29) is 5.56 Å². The summed E-state index contributed by atoms with van der Waals surface area (Å²) in [5.74, 6) is 0.513. The van der Waals surface area contributed by atoms with E-state index in [1.165, 1.54) is 0 Å². The van der Waals surface area contributed by atoms with Crippen LogP contribution in [0.15, 0.2) is 97.2 Å². The van der Waals surface area contributed by atoms with Gasteiger partial charge < -0.3 is 14.8 Å². The summed E-state index contributed by atoms with van der Waals surface area (Å²) in [5, 5.41) is 10.2. The summed E-state index contributed by atoms with van der Waals surface area (Å²) in [4.78, 5) is 18.8. The van der Waals surface area contributed by atoms with Crippen molar-refractivity contribution in [1.29, 1.82) is 0 Å². The van der Waals surface area contributed by atoms with Gasteiger partial charge >= 0.3 is 5.97 Å². The number of aromatic nitrogens is 2. The molecule has 0 aliphatic heterocycles. The molecule has 0 spiro atoms. The molecule has 0 aliphatic carbocycles. The Kier molecular flexibility index (Phi) is 7.59. The number of aromatic carboxylic acids is 1. The number of nitrogens with one attached hydrogen (secondary N) is 1. The number of hydrogen-bond acceptors (Lipinski definition) is 3. The molecular formula is C31H22Cl2N2O3. The van der Waals surface area contributed by atoms with E-state index < -0.39 is 5.97 Å². The zero-order valence-corrected chi connectivity index (χ0v) is 21.6. The van der Waals surface area contributed by atoms with Crippen molar-refractivity contribution >= 4 is 41.3 Å². The Morgan fingerprint density at radius 3 is 2.42 bits per heavy atom. The molecule has 5 rings (SSSR count). The van der Waals surface area contributed by atoms with Crippen LogP contribution in [0.4, 0.5) is 0 Å². The van der Waals surface area contributed by atoms with Gasteiger partial charge in [0.25, 0.3) is 0 Å². The van der Waals surface area contributed by atoms with E-state index in [0.29, 0.717) is 16.7 Å². The lowest BCUT2D eigenvalue weighted by Gasteiger charge is -2.08. The van der Waals surface area contributed by atoms with Gasteiger partial charge in [-0.1, -0.05) is 71.7 Å². The van der Waals surface area contributed by atoms with Gasteiger partial charge in [0.15, 0.2) is 0 Å². The smallest absolute Gasteiger partial charge is 0.335 e. The highest BCUT2D eigenvalue weighted by atomic mass is 35.5. The van der Waals surface area contributed by atoms with Crippen LogP contribution in [0.5, 0.6) is 5.75 Å². The van der Waals surface area contributed by atoms with Gasteiger partial charge in [-0.2, -0.15) is 0 Å². The van der Waals surface area contributed by atoms with Crippen molar-refractivity contribution in [3.63, 3.8) is 0 Å². The molecule has 0 radical (unpaired) electrons. The molecule has 2 N–H and O–H groups in total. The fourth-order valence-electron chi connectivity index (χ4n) is 3.91. The van der Waals surface area contributed by atoms with Crippen molar-refractivity contribution in [2.24, 2.45) is 0 Å². The van der Waals surface area contributed by atoms with Gasteiger partial charge in [0.05, 0.1) is 16.3 Å². The Morgan fingerprint density at radius 1 is 0.895 bits per heavy atom. The minimum Gasteiger partial charge on any atom is -0.489 e. The normalized spacial score (nSPS) is 11.1. The van der Waals surface area contributed by atoms with Crippen LogP contribution in [0.3, 0.4) is 0 Å². The predicted octanol–water partition coefficient (Wildman–Crippen LogP) is 8.50. The summed E-state index contributed by atoms with van der Waals surface area (Å²) in [7, 11) is 0. The van der Waals surface area contributed by atoms with Gasteiger partial charge in [-0.25, -0.2) is 9.78 Å². The molecule has 0 saturated heterocycles. The monoisotopic (exact) mass is 540 g/mol. The van der Waals surface area contributed by atoms with Crippen molar-refractivity contribution in [3.05, 3.63) is 130 Å². The third-order valence-electron chi connectivity index (χ3n) is 5.92. The minimum absolute atomic E-state index is 0.256. The fraction of sp³-hybridized carbons (Fsp3) is 0.0323. The van der Waals surface area contributed by atoms with Crippen LogP contribution >= 0.6 is 23.2 Å². The largest absolute Gasteiger partial charge is 0.489 e. The number of carboxylic acids is 1. The Morgan fingerprint density at radius 2 is 1.68 bits per heavy atom. The number of hydrogen-bond donors (Lipinski definition) is 2. The van der Waals surface area contributed by atoms with E-state index in [0.717, 1.165) is 45.1 Å². The zero-order valence-electron chi connectivity index (χ0n) is 20.1. The molecule has 1 aromatic heterocycles. The van der Waals surface area contributed by atoms with Crippen molar-refractivity contribution in [1.82, 2.24) is 9.97 Å². The maximum absolute atomic E-state index is 11.0. The molecule has 0 amide bonds. The Labute approximate surface area is 230 Å². The SMILES string of the molecule is O=C(O)c1ccc(COc2ccc(-c3cccc(C=Cc4nc(-c5ccc(Cl)cc5Cl)c[nH]4)c3)cc2)cc1.